The third-order valence-electron chi connectivity index (χ3n) is 6.75. The molecule has 1 aromatic heterocycles. The fraction of sp³-hybridized carbons (Fsp3) is 0.219. The summed E-state index contributed by atoms with van der Waals surface area (Å²) in [6.45, 7) is 0.0781. The summed E-state index contributed by atoms with van der Waals surface area (Å²) in [4.78, 5) is 34.9. The highest BCUT2D eigenvalue weighted by atomic mass is 35.5. The van der Waals surface area contributed by atoms with Gasteiger partial charge in [-0.15, -0.1) is 4.99 Å². The number of anilines is 1. The van der Waals surface area contributed by atoms with E-state index < -0.39 is 29.8 Å². The van der Waals surface area contributed by atoms with Gasteiger partial charge in [-0.25, -0.2) is 23.4 Å². The van der Waals surface area contributed by atoms with Crippen LogP contribution in [0, 0.1) is 23.1 Å². The normalized spacial score (nSPS) is 11.7. The third kappa shape index (κ3) is 9.76. The highest BCUT2D eigenvalue weighted by Gasteiger charge is 2.22. The molecule has 46 heavy (non-hydrogen) atoms. The SMILES string of the molecule is CN(C(=O)NCc1cccc(F)c1Cl)C(CCCNC(=NC#N)Oc1ccccc1)COC(=O)Nc1cc2cc(F)ccc2cn1. The van der Waals surface area contributed by atoms with Crippen LogP contribution in [0.15, 0.2) is 84.0 Å². The molecule has 3 aromatic carbocycles. The molecule has 14 heteroatoms. The van der Waals surface area contributed by atoms with Crippen LogP contribution in [-0.4, -0.2) is 54.3 Å². The van der Waals surface area contributed by atoms with E-state index in [1.54, 1.807) is 42.6 Å². The molecule has 0 aliphatic carbocycles. The monoisotopic (exact) mass is 649 g/mol. The summed E-state index contributed by atoms with van der Waals surface area (Å²) in [6, 6.07) is 17.7. The second-order valence-corrected chi connectivity index (χ2v) is 10.3. The summed E-state index contributed by atoms with van der Waals surface area (Å²) in [5.74, 6) is -0.386. The van der Waals surface area contributed by atoms with Crippen molar-refractivity contribution in [3.63, 3.8) is 0 Å². The number of ether oxygens (including phenoxy) is 2. The molecule has 0 bridgehead atoms. The van der Waals surface area contributed by atoms with Gasteiger partial charge in [-0.2, -0.15) is 5.26 Å². The molecular formula is C32H30ClF2N7O4. The van der Waals surface area contributed by atoms with E-state index >= 15 is 0 Å². The standard InChI is InChI=1S/C32H30ClF2N7O4/c1-42(31(43)39-18-22-7-5-11-27(35)29(22)33)25(8-6-14-37-30(40-20-36)46-26-9-3-2-4-10-26)19-45-32(44)41-28-16-23-15-24(34)13-12-21(23)17-38-28/h2-5,7,9-13,15-17,25H,6,8,14,18-19H2,1H3,(H,37,40)(H,39,43)(H,38,41,44). The van der Waals surface area contributed by atoms with E-state index in [0.717, 1.165) is 0 Å². The van der Waals surface area contributed by atoms with E-state index in [4.69, 9.17) is 26.3 Å². The number of fused-ring (bicyclic) bond motifs is 1. The van der Waals surface area contributed by atoms with E-state index in [1.807, 2.05) is 6.07 Å². The third-order valence-corrected chi connectivity index (χ3v) is 7.17. The van der Waals surface area contributed by atoms with E-state index in [2.05, 4.69) is 25.9 Å². The van der Waals surface area contributed by atoms with Crippen LogP contribution in [0.3, 0.4) is 0 Å². The number of hydrogen-bond donors (Lipinski definition) is 3. The number of amides is 3. The largest absolute Gasteiger partial charge is 0.447 e. The van der Waals surface area contributed by atoms with Crippen molar-refractivity contribution >= 4 is 46.3 Å². The molecular weight excluding hydrogens is 620 g/mol. The van der Waals surface area contributed by atoms with Gasteiger partial charge in [0.25, 0.3) is 0 Å². The zero-order valence-electron chi connectivity index (χ0n) is 24.7. The Morgan fingerprint density at radius 3 is 2.65 bits per heavy atom. The fourth-order valence-electron chi connectivity index (χ4n) is 4.30. The van der Waals surface area contributed by atoms with Gasteiger partial charge >= 0.3 is 18.1 Å². The van der Waals surface area contributed by atoms with Gasteiger partial charge in [-0.1, -0.05) is 41.9 Å². The molecule has 238 valence electrons. The second-order valence-electron chi connectivity index (χ2n) is 9.92. The van der Waals surface area contributed by atoms with Gasteiger partial charge in [0.05, 0.1) is 11.1 Å². The molecule has 0 saturated heterocycles. The molecule has 0 aliphatic rings. The van der Waals surface area contributed by atoms with Crippen LogP contribution < -0.4 is 20.7 Å². The number of nitrogens with one attached hydrogen (secondary N) is 3. The Hall–Kier alpha value is -5.48. The Bertz CT molecular complexity index is 1740. The first-order chi connectivity index (χ1) is 22.2. The molecule has 1 unspecified atom stereocenters. The van der Waals surface area contributed by atoms with Crippen LogP contribution in [0.5, 0.6) is 5.75 Å². The number of rotatable bonds is 11. The Balaban J connectivity index is 1.37. The summed E-state index contributed by atoms with van der Waals surface area (Å²) < 4.78 is 38.5. The molecule has 0 aliphatic heterocycles. The van der Waals surface area contributed by atoms with Crippen molar-refractivity contribution in [3.05, 3.63) is 101 Å². The van der Waals surface area contributed by atoms with Gasteiger partial charge in [0.1, 0.15) is 29.8 Å². The molecule has 1 heterocycles. The number of para-hydroxylation sites is 1. The lowest BCUT2D eigenvalue weighted by molar-refractivity contribution is 0.113. The number of hydrogen-bond acceptors (Lipinski definition) is 7. The second kappa shape index (κ2) is 16.6. The van der Waals surface area contributed by atoms with Gasteiger partial charge in [0, 0.05) is 31.7 Å². The van der Waals surface area contributed by atoms with Gasteiger partial charge < -0.3 is 25.0 Å². The van der Waals surface area contributed by atoms with Gasteiger partial charge in [0.15, 0.2) is 0 Å². The number of amidine groups is 1. The molecule has 3 amide bonds. The van der Waals surface area contributed by atoms with Crippen molar-refractivity contribution in [2.24, 2.45) is 4.99 Å². The predicted octanol–water partition coefficient (Wildman–Crippen LogP) is 6.21. The Labute approximate surface area is 268 Å². The first-order valence-electron chi connectivity index (χ1n) is 14.1. The molecule has 0 spiro atoms. The van der Waals surface area contributed by atoms with Gasteiger partial charge in [0.2, 0.25) is 6.19 Å². The van der Waals surface area contributed by atoms with Crippen molar-refractivity contribution in [1.82, 2.24) is 20.5 Å². The minimum atomic E-state index is -0.827. The number of benzene rings is 3. The summed E-state index contributed by atoms with van der Waals surface area (Å²) >= 11 is 6.02. The number of urea groups is 1. The first kappa shape index (κ1) is 33.4. The molecule has 11 nitrogen and oxygen atoms in total. The molecule has 0 fully saturated rings. The Morgan fingerprint density at radius 1 is 1.07 bits per heavy atom. The summed E-state index contributed by atoms with van der Waals surface area (Å²) in [5.41, 5.74) is 0.394. The van der Waals surface area contributed by atoms with E-state index in [0.29, 0.717) is 41.5 Å². The quantitative estimate of drug-likeness (QED) is 0.0759. The fourth-order valence-corrected chi connectivity index (χ4v) is 4.50. The zero-order valence-corrected chi connectivity index (χ0v) is 25.4. The number of pyridine rings is 1. The van der Waals surface area contributed by atoms with Crippen LogP contribution in [0.25, 0.3) is 10.8 Å². The summed E-state index contributed by atoms with van der Waals surface area (Å²) in [5, 5.41) is 18.3. The highest BCUT2D eigenvalue weighted by molar-refractivity contribution is 6.31. The molecule has 4 rings (SSSR count). The average molecular weight is 650 g/mol. The lowest BCUT2D eigenvalue weighted by Gasteiger charge is -2.28. The number of carbonyl (C=O) groups is 2. The predicted molar refractivity (Wildman–Crippen MR) is 169 cm³/mol. The topological polar surface area (TPSA) is 141 Å². The smallest absolute Gasteiger partial charge is 0.412 e. The number of aromatic nitrogens is 1. The molecule has 0 radical (unpaired) electrons. The van der Waals surface area contributed by atoms with Crippen molar-refractivity contribution in [2.45, 2.75) is 25.4 Å². The minimum absolute atomic E-state index is 0.00159. The minimum Gasteiger partial charge on any atom is -0.447 e. The van der Waals surface area contributed by atoms with Crippen LogP contribution in [0.2, 0.25) is 5.02 Å². The van der Waals surface area contributed by atoms with Crippen molar-refractivity contribution < 1.29 is 27.8 Å². The van der Waals surface area contributed by atoms with Crippen molar-refractivity contribution in [1.29, 1.82) is 5.26 Å². The zero-order chi connectivity index (χ0) is 32.9. The highest BCUT2D eigenvalue weighted by Crippen LogP contribution is 2.20. The van der Waals surface area contributed by atoms with Crippen LogP contribution in [-0.2, 0) is 11.3 Å². The van der Waals surface area contributed by atoms with E-state index in [9.17, 15) is 18.4 Å². The molecule has 1 atom stereocenters. The maximum absolute atomic E-state index is 13.8. The van der Waals surface area contributed by atoms with E-state index in [-0.39, 0.29) is 30.0 Å². The van der Waals surface area contributed by atoms with Gasteiger partial charge in [-0.3, -0.25) is 5.32 Å². The number of nitriles is 1. The van der Waals surface area contributed by atoms with Gasteiger partial charge in [-0.05, 0) is 66.3 Å². The average Bonchev–Trinajstić information content (AvgIpc) is 3.05. The summed E-state index contributed by atoms with van der Waals surface area (Å²) in [7, 11) is 1.53. The van der Waals surface area contributed by atoms with Crippen LogP contribution >= 0.6 is 11.6 Å². The van der Waals surface area contributed by atoms with Crippen molar-refractivity contribution in [3.8, 4) is 11.9 Å². The summed E-state index contributed by atoms with van der Waals surface area (Å²) in [6.07, 6.45) is 3.16. The van der Waals surface area contributed by atoms with E-state index in [1.165, 1.54) is 48.5 Å². The lowest BCUT2D eigenvalue weighted by Crippen LogP contribution is -2.46. The number of aliphatic imine (C=N–C) groups is 1. The number of nitrogens with zero attached hydrogens (tertiary/aromatic N) is 4. The van der Waals surface area contributed by atoms with Crippen molar-refractivity contribution in [2.75, 3.05) is 25.5 Å². The number of likely N-dealkylation sites (N-methyl/N-ethyl adjacent to an activating group) is 1. The first-order valence-corrected chi connectivity index (χ1v) is 14.5. The number of halogens is 3. The Morgan fingerprint density at radius 2 is 1.87 bits per heavy atom. The molecule has 4 aromatic rings. The maximum atomic E-state index is 13.8. The Kier molecular flexibility index (Phi) is 12.0. The van der Waals surface area contributed by atoms with Crippen LogP contribution in [0.4, 0.5) is 24.2 Å². The molecule has 3 N–H and O–H groups in total. The maximum Gasteiger partial charge on any atom is 0.412 e. The number of carbonyl (C=O) groups excluding carboxylic acids is 2. The lowest BCUT2D eigenvalue weighted by atomic mass is 10.1. The van der Waals surface area contributed by atoms with Crippen LogP contribution in [0.1, 0.15) is 18.4 Å². The molecule has 0 saturated carbocycles.